The number of hydrogen-bond acceptors (Lipinski definition) is 3. The second kappa shape index (κ2) is 8.41. The number of benzene rings is 1. The van der Waals surface area contributed by atoms with Gasteiger partial charge in [-0.05, 0) is 44.0 Å². The van der Waals surface area contributed by atoms with E-state index in [1.165, 1.54) is 11.3 Å². The van der Waals surface area contributed by atoms with E-state index in [1.54, 1.807) is 7.11 Å². The summed E-state index contributed by atoms with van der Waals surface area (Å²) in [5.41, 5.74) is 8.14. The maximum absolute atomic E-state index is 6.15. The zero-order valence-electron chi connectivity index (χ0n) is 12.2. The van der Waals surface area contributed by atoms with Crippen molar-refractivity contribution in [3.8, 4) is 0 Å². The first-order chi connectivity index (χ1) is 9.13. The van der Waals surface area contributed by atoms with Gasteiger partial charge in [0.05, 0.1) is 6.61 Å². The predicted molar refractivity (Wildman–Crippen MR) is 83.2 cm³/mol. The number of halogens is 1. The van der Waals surface area contributed by atoms with Crippen molar-refractivity contribution in [2.24, 2.45) is 5.73 Å². The standard InChI is InChI=1S/C15H25ClN2O/c1-4-12(2)18(9-10-19-3)15-11-14(16)6-5-13(15)7-8-17/h5-6,11-12H,4,7-10,17H2,1-3H3. The van der Waals surface area contributed by atoms with Gasteiger partial charge in [-0.15, -0.1) is 0 Å². The van der Waals surface area contributed by atoms with Crippen LogP contribution in [0.4, 0.5) is 5.69 Å². The minimum absolute atomic E-state index is 0.449. The molecule has 19 heavy (non-hydrogen) atoms. The number of methoxy groups -OCH3 is 1. The van der Waals surface area contributed by atoms with Gasteiger partial charge in [-0.3, -0.25) is 0 Å². The SMILES string of the molecule is CCC(C)N(CCOC)c1cc(Cl)ccc1CCN. The monoisotopic (exact) mass is 284 g/mol. The summed E-state index contributed by atoms with van der Waals surface area (Å²) in [5, 5.41) is 0.765. The molecule has 0 heterocycles. The van der Waals surface area contributed by atoms with Crippen LogP contribution < -0.4 is 10.6 Å². The summed E-state index contributed by atoms with van der Waals surface area (Å²) in [6.07, 6.45) is 1.95. The topological polar surface area (TPSA) is 38.5 Å². The van der Waals surface area contributed by atoms with Crippen molar-refractivity contribution in [2.45, 2.75) is 32.7 Å². The molecule has 3 nitrogen and oxygen atoms in total. The summed E-state index contributed by atoms with van der Waals surface area (Å²) in [7, 11) is 1.73. The van der Waals surface area contributed by atoms with Gasteiger partial charge in [0, 0.05) is 30.4 Å². The molecule has 0 saturated carbocycles. The lowest BCUT2D eigenvalue weighted by Crippen LogP contribution is -2.36. The Hall–Kier alpha value is -0.770. The second-order valence-corrected chi connectivity index (χ2v) is 5.19. The van der Waals surface area contributed by atoms with Crippen molar-refractivity contribution in [1.29, 1.82) is 0 Å². The third kappa shape index (κ3) is 4.68. The van der Waals surface area contributed by atoms with E-state index in [-0.39, 0.29) is 0 Å². The van der Waals surface area contributed by atoms with Crippen molar-refractivity contribution in [3.05, 3.63) is 28.8 Å². The molecule has 108 valence electrons. The quantitative estimate of drug-likeness (QED) is 0.797. The van der Waals surface area contributed by atoms with Crippen LogP contribution >= 0.6 is 11.6 Å². The average Bonchev–Trinajstić information content (AvgIpc) is 2.41. The predicted octanol–water partition coefficient (Wildman–Crippen LogP) is 3.09. The maximum atomic E-state index is 6.15. The average molecular weight is 285 g/mol. The molecule has 0 spiro atoms. The second-order valence-electron chi connectivity index (χ2n) is 4.76. The maximum Gasteiger partial charge on any atom is 0.0637 e. The van der Waals surface area contributed by atoms with Crippen LogP contribution in [0.15, 0.2) is 18.2 Å². The molecule has 0 aliphatic heterocycles. The molecule has 1 aromatic carbocycles. The van der Waals surface area contributed by atoms with Gasteiger partial charge in [0.15, 0.2) is 0 Å². The van der Waals surface area contributed by atoms with Gasteiger partial charge in [-0.25, -0.2) is 0 Å². The molecule has 0 aliphatic carbocycles. The molecule has 0 bridgehead atoms. The Balaban J connectivity index is 3.07. The summed E-state index contributed by atoms with van der Waals surface area (Å²) in [6, 6.07) is 6.49. The fraction of sp³-hybridized carbons (Fsp3) is 0.600. The Labute approximate surface area is 121 Å². The van der Waals surface area contributed by atoms with E-state index in [4.69, 9.17) is 22.1 Å². The molecule has 0 saturated heterocycles. The van der Waals surface area contributed by atoms with E-state index in [2.05, 4.69) is 24.8 Å². The van der Waals surface area contributed by atoms with Crippen LogP contribution in [0, 0.1) is 0 Å². The van der Waals surface area contributed by atoms with E-state index in [9.17, 15) is 0 Å². The molecular formula is C15H25ClN2O. The van der Waals surface area contributed by atoms with Crippen molar-refractivity contribution < 1.29 is 4.74 Å². The molecule has 1 rings (SSSR count). The summed E-state index contributed by atoms with van der Waals surface area (Å²) >= 11 is 6.15. The number of anilines is 1. The van der Waals surface area contributed by atoms with Gasteiger partial charge >= 0.3 is 0 Å². The van der Waals surface area contributed by atoms with Crippen molar-refractivity contribution >= 4 is 17.3 Å². The first-order valence-corrected chi connectivity index (χ1v) is 7.25. The minimum atomic E-state index is 0.449. The molecule has 1 atom stereocenters. The first-order valence-electron chi connectivity index (χ1n) is 6.88. The number of nitrogens with two attached hydrogens (primary N) is 1. The van der Waals surface area contributed by atoms with Crippen LogP contribution in [0.25, 0.3) is 0 Å². The Kier molecular flexibility index (Phi) is 7.21. The normalized spacial score (nSPS) is 12.5. The van der Waals surface area contributed by atoms with E-state index in [1.807, 2.05) is 12.1 Å². The molecule has 0 aromatic heterocycles. The molecule has 0 amide bonds. The van der Waals surface area contributed by atoms with Gasteiger partial charge in [0.1, 0.15) is 0 Å². The summed E-state index contributed by atoms with van der Waals surface area (Å²) < 4.78 is 5.22. The van der Waals surface area contributed by atoms with Crippen LogP contribution in [0.5, 0.6) is 0 Å². The van der Waals surface area contributed by atoms with Crippen LogP contribution in [-0.2, 0) is 11.2 Å². The number of hydrogen-bond donors (Lipinski definition) is 1. The zero-order valence-corrected chi connectivity index (χ0v) is 12.9. The Morgan fingerprint density at radius 3 is 2.74 bits per heavy atom. The van der Waals surface area contributed by atoms with Crippen LogP contribution in [-0.4, -0.2) is 32.8 Å². The minimum Gasteiger partial charge on any atom is -0.383 e. The largest absolute Gasteiger partial charge is 0.383 e. The highest BCUT2D eigenvalue weighted by atomic mass is 35.5. The Morgan fingerprint density at radius 2 is 2.16 bits per heavy atom. The molecule has 1 unspecified atom stereocenters. The van der Waals surface area contributed by atoms with Gasteiger partial charge in [-0.2, -0.15) is 0 Å². The lowest BCUT2D eigenvalue weighted by Gasteiger charge is -2.32. The summed E-state index contributed by atoms with van der Waals surface area (Å²) in [6.45, 7) is 6.63. The summed E-state index contributed by atoms with van der Waals surface area (Å²) in [4.78, 5) is 2.36. The third-order valence-electron chi connectivity index (χ3n) is 3.43. The lowest BCUT2D eigenvalue weighted by atomic mass is 10.1. The Bertz CT molecular complexity index is 384. The number of nitrogens with zero attached hydrogens (tertiary/aromatic N) is 1. The highest BCUT2D eigenvalue weighted by Crippen LogP contribution is 2.27. The first kappa shape index (κ1) is 16.3. The number of ether oxygens (including phenoxy) is 1. The van der Waals surface area contributed by atoms with Gasteiger partial charge in [-0.1, -0.05) is 24.6 Å². The lowest BCUT2D eigenvalue weighted by molar-refractivity contribution is 0.203. The molecule has 2 N–H and O–H groups in total. The van der Waals surface area contributed by atoms with Crippen molar-refractivity contribution in [2.75, 3.05) is 31.7 Å². The van der Waals surface area contributed by atoms with Gasteiger partial charge in [0.2, 0.25) is 0 Å². The Morgan fingerprint density at radius 1 is 1.42 bits per heavy atom. The van der Waals surface area contributed by atoms with E-state index >= 15 is 0 Å². The third-order valence-corrected chi connectivity index (χ3v) is 3.66. The van der Waals surface area contributed by atoms with Crippen LogP contribution in [0.2, 0.25) is 5.02 Å². The van der Waals surface area contributed by atoms with Crippen molar-refractivity contribution in [3.63, 3.8) is 0 Å². The zero-order chi connectivity index (χ0) is 14.3. The molecule has 0 aliphatic rings. The fourth-order valence-electron chi connectivity index (χ4n) is 2.16. The van der Waals surface area contributed by atoms with Gasteiger partial charge < -0.3 is 15.4 Å². The highest BCUT2D eigenvalue weighted by molar-refractivity contribution is 6.30. The van der Waals surface area contributed by atoms with E-state index in [0.29, 0.717) is 19.2 Å². The number of rotatable bonds is 8. The van der Waals surface area contributed by atoms with E-state index in [0.717, 1.165) is 24.4 Å². The van der Waals surface area contributed by atoms with Crippen LogP contribution in [0.1, 0.15) is 25.8 Å². The molecule has 0 fully saturated rings. The summed E-state index contributed by atoms with van der Waals surface area (Å²) in [5.74, 6) is 0. The molecule has 0 radical (unpaired) electrons. The van der Waals surface area contributed by atoms with Crippen LogP contribution in [0.3, 0.4) is 0 Å². The van der Waals surface area contributed by atoms with Gasteiger partial charge in [0.25, 0.3) is 0 Å². The molecule has 1 aromatic rings. The smallest absolute Gasteiger partial charge is 0.0637 e. The van der Waals surface area contributed by atoms with E-state index < -0.39 is 0 Å². The van der Waals surface area contributed by atoms with Crippen molar-refractivity contribution in [1.82, 2.24) is 0 Å². The fourth-order valence-corrected chi connectivity index (χ4v) is 2.33. The molecule has 4 heteroatoms. The molecular weight excluding hydrogens is 260 g/mol. The highest BCUT2D eigenvalue weighted by Gasteiger charge is 2.16.